The van der Waals surface area contributed by atoms with Gasteiger partial charge in [-0.15, -0.1) is 0 Å². The van der Waals surface area contributed by atoms with E-state index in [1.807, 2.05) is 4.72 Å². The summed E-state index contributed by atoms with van der Waals surface area (Å²) >= 11 is 0. The lowest BCUT2D eigenvalue weighted by molar-refractivity contribution is -0.139. The minimum atomic E-state index is -4.00. The number of sulfonamides is 1. The molecule has 0 spiro atoms. The van der Waals surface area contributed by atoms with Gasteiger partial charge in [0.2, 0.25) is 10.0 Å². The van der Waals surface area contributed by atoms with E-state index >= 15 is 0 Å². The number of hydrogen-bond acceptors (Lipinski definition) is 5. The van der Waals surface area contributed by atoms with Gasteiger partial charge in [0.1, 0.15) is 12.4 Å². The monoisotopic (exact) mass is 276 g/mol. The summed E-state index contributed by atoms with van der Waals surface area (Å²) in [6, 6.07) is 1.96. The largest absolute Gasteiger partial charge is 0.468 e. The third kappa shape index (κ3) is 3.17. The van der Waals surface area contributed by atoms with Crippen LogP contribution in [0, 0.1) is 12.7 Å². The minimum absolute atomic E-state index is 0.0217. The topological polar surface area (TPSA) is 98.5 Å². The summed E-state index contributed by atoms with van der Waals surface area (Å²) in [4.78, 5) is 10.5. The summed E-state index contributed by atoms with van der Waals surface area (Å²) in [6.45, 7) is 0.900. The van der Waals surface area contributed by atoms with Gasteiger partial charge in [0.15, 0.2) is 0 Å². The SMILES string of the molecule is COC(=O)CNS(=O)(=O)c1cc(N)c(C)c(F)c1. The molecule has 6 nitrogen and oxygen atoms in total. The van der Waals surface area contributed by atoms with Crippen LogP contribution in [0.4, 0.5) is 10.1 Å². The molecule has 0 aliphatic rings. The lowest BCUT2D eigenvalue weighted by atomic mass is 10.2. The predicted octanol–water partition coefficient (Wildman–Crippen LogP) is 0.168. The first-order valence-corrected chi connectivity index (χ1v) is 6.38. The molecule has 0 saturated heterocycles. The van der Waals surface area contributed by atoms with Crippen molar-refractivity contribution in [2.75, 3.05) is 19.4 Å². The molecule has 0 radical (unpaired) electrons. The van der Waals surface area contributed by atoms with E-state index in [1.165, 1.54) is 6.92 Å². The molecule has 0 atom stereocenters. The number of ether oxygens (including phenoxy) is 1. The third-order valence-corrected chi connectivity index (χ3v) is 3.68. The fourth-order valence-electron chi connectivity index (χ4n) is 1.14. The molecule has 1 rings (SSSR count). The van der Waals surface area contributed by atoms with Gasteiger partial charge >= 0.3 is 5.97 Å². The van der Waals surface area contributed by atoms with Crippen molar-refractivity contribution in [1.82, 2.24) is 4.72 Å². The molecule has 0 saturated carbocycles. The van der Waals surface area contributed by atoms with Crippen molar-refractivity contribution in [3.63, 3.8) is 0 Å². The van der Waals surface area contributed by atoms with E-state index in [9.17, 15) is 17.6 Å². The molecule has 0 bridgehead atoms. The molecule has 18 heavy (non-hydrogen) atoms. The smallest absolute Gasteiger partial charge is 0.320 e. The Morgan fingerprint density at radius 3 is 2.61 bits per heavy atom. The molecule has 0 amide bonds. The van der Waals surface area contributed by atoms with Crippen LogP contribution in [-0.2, 0) is 19.6 Å². The Kier molecular flexibility index (Phi) is 4.25. The lowest BCUT2D eigenvalue weighted by Gasteiger charge is -2.08. The molecule has 0 aliphatic carbocycles. The zero-order valence-electron chi connectivity index (χ0n) is 9.86. The summed E-state index contributed by atoms with van der Waals surface area (Å²) in [5.74, 6) is -1.48. The van der Waals surface area contributed by atoms with Gasteiger partial charge in [-0.3, -0.25) is 4.79 Å². The highest BCUT2D eigenvalue weighted by Gasteiger charge is 2.18. The summed E-state index contributed by atoms with van der Waals surface area (Å²) < 4.78 is 43.1. The van der Waals surface area contributed by atoms with Crippen LogP contribution in [0.25, 0.3) is 0 Å². The van der Waals surface area contributed by atoms with Crippen LogP contribution in [0.1, 0.15) is 5.56 Å². The van der Waals surface area contributed by atoms with Crippen LogP contribution in [-0.4, -0.2) is 28.0 Å². The van der Waals surface area contributed by atoms with Crippen LogP contribution in [0.3, 0.4) is 0 Å². The number of carbonyl (C=O) groups is 1. The Balaban J connectivity index is 3.02. The van der Waals surface area contributed by atoms with Crippen LogP contribution >= 0.6 is 0 Å². The maximum atomic E-state index is 13.4. The maximum Gasteiger partial charge on any atom is 0.320 e. The summed E-state index contributed by atoms with van der Waals surface area (Å²) in [5.41, 5.74) is 5.67. The van der Waals surface area contributed by atoms with Crippen LogP contribution in [0.15, 0.2) is 17.0 Å². The Labute approximate surface area is 104 Å². The number of benzene rings is 1. The Bertz CT molecular complexity index is 548. The number of anilines is 1. The van der Waals surface area contributed by atoms with E-state index in [0.29, 0.717) is 0 Å². The number of carbonyl (C=O) groups excluding carboxylic acids is 1. The van der Waals surface area contributed by atoms with Crippen molar-refractivity contribution < 1.29 is 22.3 Å². The Morgan fingerprint density at radius 1 is 1.50 bits per heavy atom. The average Bonchev–Trinajstić information content (AvgIpc) is 2.32. The molecule has 100 valence electrons. The first-order chi connectivity index (χ1) is 8.27. The van der Waals surface area contributed by atoms with E-state index in [1.54, 1.807) is 0 Å². The van der Waals surface area contributed by atoms with Gasteiger partial charge in [0, 0.05) is 11.3 Å². The van der Waals surface area contributed by atoms with E-state index in [2.05, 4.69) is 4.74 Å². The van der Waals surface area contributed by atoms with Gasteiger partial charge in [-0.2, -0.15) is 4.72 Å². The molecule has 0 fully saturated rings. The molecule has 1 aromatic carbocycles. The zero-order chi connectivity index (χ0) is 13.9. The number of methoxy groups -OCH3 is 1. The molecular weight excluding hydrogens is 263 g/mol. The van der Waals surface area contributed by atoms with Crippen molar-refractivity contribution in [2.24, 2.45) is 0 Å². The summed E-state index contributed by atoms with van der Waals surface area (Å²) in [6.07, 6.45) is 0. The van der Waals surface area contributed by atoms with Gasteiger partial charge in [-0.25, -0.2) is 12.8 Å². The average molecular weight is 276 g/mol. The lowest BCUT2D eigenvalue weighted by Crippen LogP contribution is -2.30. The highest BCUT2D eigenvalue weighted by Crippen LogP contribution is 2.20. The molecule has 0 aliphatic heterocycles. The van der Waals surface area contributed by atoms with E-state index in [-0.39, 0.29) is 16.1 Å². The number of halogens is 1. The van der Waals surface area contributed by atoms with Crippen molar-refractivity contribution in [2.45, 2.75) is 11.8 Å². The fourth-order valence-corrected chi connectivity index (χ4v) is 2.15. The molecule has 0 unspecified atom stereocenters. The number of nitrogens with two attached hydrogens (primary N) is 1. The van der Waals surface area contributed by atoms with Gasteiger partial charge in [-0.05, 0) is 19.1 Å². The highest BCUT2D eigenvalue weighted by atomic mass is 32.2. The van der Waals surface area contributed by atoms with E-state index in [0.717, 1.165) is 19.2 Å². The first kappa shape index (κ1) is 14.4. The number of hydrogen-bond donors (Lipinski definition) is 2. The van der Waals surface area contributed by atoms with Crippen molar-refractivity contribution in [3.8, 4) is 0 Å². The second-order valence-corrected chi connectivity index (χ2v) is 5.29. The van der Waals surface area contributed by atoms with Gasteiger partial charge in [0.25, 0.3) is 0 Å². The van der Waals surface area contributed by atoms with Crippen LogP contribution in [0.2, 0.25) is 0 Å². The van der Waals surface area contributed by atoms with E-state index < -0.39 is 28.4 Å². The molecule has 3 N–H and O–H groups in total. The third-order valence-electron chi connectivity index (χ3n) is 2.30. The zero-order valence-corrected chi connectivity index (χ0v) is 10.7. The summed E-state index contributed by atoms with van der Waals surface area (Å²) in [7, 11) is -2.87. The van der Waals surface area contributed by atoms with E-state index in [4.69, 9.17) is 5.73 Å². The standard InChI is InChI=1S/C10H13FN2O4S/c1-6-8(11)3-7(4-9(6)12)18(15,16)13-5-10(14)17-2/h3-4,13H,5,12H2,1-2H3. The number of nitrogen functional groups attached to an aromatic ring is 1. The maximum absolute atomic E-state index is 13.4. The molecule has 1 aromatic rings. The second kappa shape index (κ2) is 5.32. The van der Waals surface area contributed by atoms with Gasteiger partial charge < -0.3 is 10.5 Å². The van der Waals surface area contributed by atoms with Crippen LogP contribution < -0.4 is 10.5 Å². The second-order valence-electron chi connectivity index (χ2n) is 3.52. The fraction of sp³-hybridized carbons (Fsp3) is 0.300. The first-order valence-electron chi connectivity index (χ1n) is 4.90. The number of nitrogens with one attached hydrogen (secondary N) is 1. The quantitative estimate of drug-likeness (QED) is 0.603. The number of rotatable bonds is 4. The normalized spacial score (nSPS) is 11.3. The van der Waals surface area contributed by atoms with Crippen LogP contribution in [0.5, 0.6) is 0 Å². The van der Waals surface area contributed by atoms with Crippen molar-refractivity contribution >= 4 is 21.7 Å². The molecule has 8 heteroatoms. The highest BCUT2D eigenvalue weighted by molar-refractivity contribution is 7.89. The van der Waals surface area contributed by atoms with Gasteiger partial charge in [-0.1, -0.05) is 0 Å². The minimum Gasteiger partial charge on any atom is -0.468 e. The Morgan fingerprint density at radius 2 is 2.11 bits per heavy atom. The molecule has 0 heterocycles. The van der Waals surface area contributed by atoms with Gasteiger partial charge in [0.05, 0.1) is 12.0 Å². The Hall–Kier alpha value is -1.67. The van der Waals surface area contributed by atoms with Crippen molar-refractivity contribution in [1.29, 1.82) is 0 Å². The molecular formula is C10H13FN2O4S. The predicted molar refractivity (Wildman–Crippen MR) is 62.8 cm³/mol. The summed E-state index contributed by atoms with van der Waals surface area (Å²) in [5, 5.41) is 0. The number of esters is 1. The molecule has 0 aromatic heterocycles. The van der Waals surface area contributed by atoms with Crippen molar-refractivity contribution in [3.05, 3.63) is 23.5 Å².